The molecule has 2 rings (SSSR count). The van der Waals surface area contributed by atoms with E-state index < -0.39 is 5.60 Å². The molecule has 0 aliphatic carbocycles. The van der Waals surface area contributed by atoms with Gasteiger partial charge in [-0.05, 0) is 44.7 Å². The Kier molecular flexibility index (Phi) is 5.32. The van der Waals surface area contributed by atoms with Gasteiger partial charge in [0, 0.05) is 17.1 Å². The van der Waals surface area contributed by atoms with Crippen molar-refractivity contribution in [3.8, 4) is 16.3 Å². The first-order valence-electron chi connectivity index (χ1n) is 7.34. The molecule has 0 bridgehead atoms. The lowest BCUT2D eigenvalue weighted by Gasteiger charge is -2.20. The van der Waals surface area contributed by atoms with Crippen LogP contribution in [0, 0.1) is 0 Å². The molecule has 0 aliphatic rings. The smallest absolute Gasteiger partial charge is 0.145 e. The molecule has 0 radical (unpaired) electrons. The van der Waals surface area contributed by atoms with Crippen molar-refractivity contribution in [2.45, 2.75) is 39.2 Å². The number of nitrogens with zero attached hydrogens (tertiary/aromatic N) is 2. The van der Waals surface area contributed by atoms with Crippen LogP contribution in [0.3, 0.4) is 0 Å². The van der Waals surface area contributed by atoms with Crippen molar-refractivity contribution in [3.05, 3.63) is 29.3 Å². The van der Waals surface area contributed by atoms with E-state index in [0.29, 0.717) is 5.75 Å². The Bertz CT molecular complexity index is 631. The lowest BCUT2D eigenvalue weighted by Crippen LogP contribution is -2.27. The second kappa shape index (κ2) is 7.03. The number of hydrogen-bond donors (Lipinski definition) is 1. The fourth-order valence-electron chi connectivity index (χ4n) is 2.22. The first-order chi connectivity index (χ1) is 10.5. The van der Waals surface area contributed by atoms with E-state index in [0.717, 1.165) is 34.7 Å². The molecule has 1 N–H and O–H groups in total. The van der Waals surface area contributed by atoms with E-state index in [9.17, 15) is 5.11 Å². The van der Waals surface area contributed by atoms with Gasteiger partial charge in [-0.2, -0.15) is 0 Å². The van der Waals surface area contributed by atoms with Crippen LogP contribution in [0.4, 0.5) is 5.69 Å². The zero-order valence-electron chi connectivity index (χ0n) is 13.3. The second-order valence-corrected chi connectivity index (χ2v) is 6.68. The van der Waals surface area contributed by atoms with Gasteiger partial charge in [0.15, 0.2) is 0 Å². The Morgan fingerprint density at radius 2 is 2.18 bits per heavy atom. The van der Waals surface area contributed by atoms with Gasteiger partial charge in [-0.15, -0.1) is 11.3 Å². The highest BCUT2D eigenvalue weighted by Gasteiger charge is 2.19. The Balaban J connectivity index is 2.45. The molecule has 118 valence electrons. The average Bonchev–Trinajstić information content (AvgIpc) is 2.98. The molecule has 5 heteroatoms. The van der Waals surface area contributed by atoms with E-state index in [4.69, 9.17) is 4.74 Å². The van der Waals surface area contributed by atoms with Gasteiger partial charge in [0.05, 0.1) is 5.60 Å². The maximum atomic E-state index is 9.84. The zero-order valence-corrected chi connectivity index (χ0v) is 14.1. The fraction of sp³-hybridized carbons (Fsp3) is 0.412. The first kappa shape index (κ1) is 16.6. The molecule has 0 aliphatic heterocycles. The van der Waals surface area contributed by atoms with Crippen molar-refractivity contribution < 1.29 is 9.84 Å². The van der Waals surface area contributed by atoms with Crippen molar-refractivity contribution in [2.75, 3.05) is 6.61 Å². The van der Waals surface area contributed by atoms with E-state index >= 15 is 0 Å². The molecule has 2 aromatic rings. The largest absolute Gasteiger partial charge is 0.488 e. The third-order valence-electron chi connectivity index (χ3n) is 3.15. The summed E-state index contributed by atoms with van der Waals surface area (Å²) in [4.78, 5) is 8.58. The maximum Gasteiger partial charge on any atom is 0.145 e. The number of benzene rings is 1. The number of aliphatic imine (C=N–C) groups is 1. The van der Waals surface area contributed by atoms with Crippen molar-refractivity contribution in [3.63, 3.8) is 0 Å². The van der Waals surface area contributed by atoms with Crippen molar-refractivity contribution in [1.82, 2.24) is 4.98 Å². The summed E-state index contributed by atoms with van der Waals surface area (Å²) in [6.07, 6.45) is 3.67. The minimum atomic E-state index is -0.892. The van der Waals surface area contributed by atoms with Gasteiger partial charge < -0.3 is 9.84 Å². The highest BCUT2D eigenvalue weighted by Crippen LogP contribution is 2.39. The molecule has 0 saturated carbocycles. The van der Waals surface area contributed by atoms with Gasteiger partial charge in [0.25, 0.3) is 0 Å². The van der Waals surface area contributed by atoms with E-state index in [-0.39, 0.29) is 6.61 Å². The number of rotatable bonds is 7. The van der Waals surface area contributed by atoms with Crippen molar-refractivity contribution in [1.29, 1.82) is 0 Å². The molecule has 1 heterocycles. The number of hydrogen-bond acceptors (Lipinski definition) is 5. The minimum absolute atomic E-state index is 0.206. The Morgan fingerprint density at radius 3 is 2.73 bits per heavy atom. The van der Waals surface area contributed by atoms with Gasteiger partial charge in [-0.25, -0.2) is 4.98 Å². The number of aliphatic hydroxyl groups is 1. The van der Waals surface area contributed by atoms with E-state index in [1.807, 2.05) is 17.5 Å². The first-order valence-corrected chi connectivity index (χ1v) is 8.22. The zero-order chi connectivity index (χ0) is 16.2. The molecule has 22 heavy (non-hydrogen) atoms. The Labute approximate surface area is 135 Å². The monoisotopic (exact) mass is 318 g/mol. The molecule has 1 aromatic heterocycles. The Hall–Kier alpha value is -1.72. The molecule has 0 amide bonds. The summed E-state index contributed by atoms with van der Waals surface area (Å²) in [5.41, 5.74) is 2.03. The molecule has 0 fully saturated rings. The van der Waals surface area contributed by atoms with Crippen LogP contribution in [0.2, 0.25) is 0 Å². The third-order valence-corrected chi connectivity index (χ3v) is 3.95. The number of thiazole rings is 1. The lowest BCUT2D eigenvalue weighted by molar-refractivity contribution is 0.0287. The molecule has 0 atom stereocenters. The maximum absolute atomic E-state index is 9.84. The predicted molar refractivity (Wildman–Crippen MR) is 92.5 cm³/mol. The number of ether oxygens (including phenoxy) is 1. The summed E-state index contributed by atoms with van der Waals surface area (Å²) in [7, 11) is 0. The summed E-state index contributed by atoms with van der Waals surface area (Å²) in [5.74, 6) is 0.654. The summed E-state index contributed by atoms with van der Waals surface area (Å²) < 4.78 is 5.75. The van der Waals surface area contributed by atoms with Gasteiger partial charge in [-0.1, -0.05) is 13.3 Å². The summed E-state index contributed by atoms with van der Waals surface area (Å²) >= 11 is 1.60. The fourth-order valence-corrected chi connectivity index (χ4v) is 2.91. The topological polar surface area (TPSA) is 54.7 Å². The molecular weight excluding hydrogens is 296 g/mol. The van der Waals surface area contributed by atoms with Crippen LogP contribution in [0.1, 0.15) is 32.8 Å². The highest BCUT2D eigenvalue weighted by molar-refractivity contribution is 7.13. The van der Waals surface area contributed by atoms with Crippen molar-refractivity contribution >= 4 is 23.7 Å². The van der Waals surface area contributed by atoms with Gasteiger partial charge >= 0.3 is 0 Å². The average molecular weight is 318 g/mol. The molecule has 1 aromatic carbocycles. The summed E-state index contributed by atoms with van der Waals surface area (Å²) in [6, 6.07) is 3.89. The van der Waals surface area contributed by atoms with Crippen LogP contribution >= 0.6 is 11.3 Å². The molecule has 0 unspecified atom stereocenters. The van der Waals surface area contributed by atoms with Crippen LogP contribution in [-0.4, -0.2) is 29.0 Å². The highest BCUT2D eigenvalue weighted by atomic mass is 32.1. The SMILES string of the molecule is C=Nc1c(OCC(C)(C)O)ccc(-c2nccs2)c1CCC. The van der Waals surface area contributed by atoms with Crippen LogP contribution in [0.15, 0.2) is 28.7 Å². The molecular formula is C17H22N2O2S. The summed E-state index contributed by atoms with van der Waals surface area (Å²) in [5, 5.41) is 12.8. The van der Waals surface area contributed by atoms with Gasteiger partial charge in [0.2, 0.25) is 0 Å². The van der Waals surface area contributed by atoms with Crippen LogP contribution in [-0.2, 0) is 6.42 Å². The van der Waals surface area contributed by atoms with Gasteiger partial charge in [-0.3, -0.25) is 4.99 Å². The third kappa shape index (κ3) is 3.93. The molecule has 0 saturated heterocycles. The van der Waals surface area contributed by atoms with Crippen molar-refractivity contribution in [2.24, 2.45) is 4.99 Å². The molecule has 0 spiro atoms. The number of aromatic nitrogens is 1. The lowest BCUT2D eigenvalue weighted by atomic mass is 10.0. The minimum Gasteiger partial charge on any atom is -0.488 e. The van der Waals surface area contributed by atoms with E-state index in [1.54, 1.807) is 31.4 Å². The van der Waals surface area contributed by atoms with Crippen LogP contribution in [0.25, 0.3) is 10.6 Å². The standard InChI is InChI=1S/C17H22N2O2S/c1-5-6-12-13(16-19-9-10-22-16)7-8-14(15(12)18-4)21-11-17(2,3)20/h7-10,20H,4-6,11H2,1-3H3. The Morgan fingerprint density at radius 1 is 1.41 bits per heavy atom. The summed E-state index contributed by atoms with van der Waals surface area (Å²) in [6.45, 7) is 9.45. The van der Waals surface area contributed by atoms with Crippen LogP contribution in [0.5, 0.6) is 5.75 Å². The van der Waals surface area contributed by atoms with E-state index in [2.05, 4.69) is 23.6 Å². The van der Waals surface area contributed by atoms with Crippen LogP contribution < -0.4 is 4.74 Å². The quantitative estimate of drug-likeness (QED) is 0.777. The molecule has 4 nitrogen and oxygen atoms in total. The normalized spacial score (nSPS) is 11.5. The van der Waals surface area contributed by atoms with Gasteiger partial charge in [0.1, 0.15) is 23.1 Å². The van der Waals surface area contributed by atoms with E-state index in [1.165, 1.54) is 0 Å². The predicted octanol–water partition coefficient (Wildman–Crippen LogP) is 4.24. The second-order valence-electron chi connectivity index (χ2n) is 5.78.